The smallest absolute Gasteiger partial charge is 0.223 e. The zero-order valence-electron chi connectivity index (χ0n) is 11.6. The molecule has 0 aliphatic heterocycles. The monoisotopic (exact) mass is 266 g/mol. The Bertz CT molecular complexity index is 408. The second-order valence-electron chi connectivity index (χ2n) is 4.09. The Hall–Kier alpha value is -1.75. The number of hydrogen-bond acceptors (Lipinski definition) is 4. The Morgan fingerprint density at radius 3 is 2.74 bits per heavy atom. The average Bonchev–Trinajstić information content (AvgIpc) is 2.45. The van der Waals surface area contributed by atoms with E-state index in [1.165, 1.54) is 0 Å². The predicted octanol–water partition coefficient (Wildman–Crippen LogP) is 1.45. The largest absolute Gasteiger partial charge is 0.493 e. The van der Waals surface area contributed by atoms with E-state index < -0.39 is 0 Å². The van der Waals surface area contributed by atoms with Crippen LogP contribution in [0.15, 0.2) is 18.2 Å². The van der Waals surface area contributed by atoms with Crippen molar-refractivity contribution in [3.05, 3.63) is 23.8 Å². The molecule has 0 fully saturated rings. The highest BCUT2D eigenvalue weighted by Crippen LogP contribution is 2.25. The summed E-state index contributed by atoms with van der Waals surface area (Å²) >= 11 is 0. The van der Waals surface area contributed by atoms with E-state index >= 15 is 0 Å². The Kier molecular flexibility index (Phi) is 6.74. The highest BCUT2D eigenvalue weighted by atomic mass is 16.5. The lowest BCUT2D eigenvalue weighted by molar-refractivity contribution is -0.121. The summed E-state index contributed by atoms with van der Waals surface area (Å²) in [6.07, 6.45) is 1.27. The molecule has 0 spiro atoms. The molecule has 0 saturated heterocycles. The molecule has 0 aliphatic rings. The number of benzene rings is 1. The summed E-state index contributed by atoms with van der Waals surface area (Å²) in [5, 5.41) is 2.55. The minimum absolute atomic E-state index is 0.0484. The third-order valence-corrected chi connectivity index (χ3v) is 2.60. The van der Waals surface area contributed by atoms with Crippen molar-refractivity contribution in [2.45, 2.75) is 26.3 Å². The fourth-order valence-corrected chi connectivity index (χ4v) is 1.53. The van der Waals surface area contributed by atoms with Crippen LogP contribution in [0.2, 0.25) is 0 Å². The molecule has 5 nitrogen and oxygen atoms in total. The number of carbonyl (C=O) groups is 1. The second kappa shape index (κ2) is 8.37. The highest BCUT2D eigenvalue weighted by molar-refractivity contribution is 5.75. The number of ether oxygens (including phenoxy) is 2. The Morgan fingerprint density at radius 2 is 2.11 bits per heavy atom. The molecule has 1 rings (SSSR count). The number of carbonyl (C=O) groups excluding carboxylic acids is 1. The van der Waals surface area contributed by atoms with Gasteiger partial charge in [-0.2, -0.15) is 0 Å². The molecule has 5 heteroatoms. The maximum Gasteiger partial charge on any atom is 0.223 e. The number of hydrogen-bond donors (Lipinski definition) is 2. The van der Waals surface area contributed by atoms with Gasteiger partial charge in [0.15, 0.2) is 0 Å². The van der Waals surface area contributed by atoms with Gasteiger partial charge in [0.2, 0.25) is 5.91 Å². The van der Waals surface area contributed by atoms with Crippen molar-refractivity contribution in [3.8, 4) is 11.5 Å². The van der Waals surface area contributed by atoms with E-state index in [-0.39, 0.29) is 5.91 Å². The molecule has 1 aromatic rings. The molecular formula is C14H22N2O3. The Morgan fingerprint density at radius 1 is 1.32 bits per heavy atom. The summed E-state index contributed by atoms with van der Waals surface area (Å²) < 4.78 is 11.1. The molecule has 1 amide bonds. The molecular weight excluding hydrogens is 244 g/mol. The molecule has 3 N–H and O–H groups in total. The van der Waals surface area contributed by atoms with Crippen LogP contribution in [0.5, 0.6) is 11.5 Å². The zero-order valence-corrected chi connectivity index (χ0v) is 11.6. The fraction of sp³-hybridized carbons (Fsp3) is 0.500. The first-order valence-electron chi connectivity index (χ1n) is 6.50. The maximum atomic E-state index is 11.1. The SMILES string of the molecule is CCCOc1ccc(CN)c(OCCC(=O)NC)c1. The molecule has 19 heavy (non-hydrogen) atoms. The minimum atomic E-state index is -0.0484. The number of rotatable bonds is 8. The quantitative estimate of drug-likeness (QED) is 0.747. The van der Waals surface area contributed by atoms with Crippen LogP contribution < -0.4 is 20.5 Å². The van der Waals surface area contributed by atoms with Crippen LogP contribution in [0.3, 0.4) is 0 Å². The normalized spacial score (nSPS) is 10.1. The van der Waals surface area contributed by atoms with Crippen LogP contribution in [0.4, 0.5) is 0 Å². The average molecular weight is 266 g/mol. The van der Waals surface area contributed by atoms with Crippen molar-refractivity contribution in [3.63, 3.8) is 0 Å². The Labute approximate surface area is 114 Å². The number of nitrogens with one attached hydrogen (secondary N) is 1. The summed E-state index contributed by atoms with van der Waals surface area (Å²) in [6, 6.07) is 5.59. The van der Waals surface area contributed by atoms with Gasteiger partial charge in [-0.3, -0.25) is 4.79 Å². The lowest BCUT2D eigenvalue weighted by atomic mass is 10.2. The second-order valence-corrected chi connectivity index (χ2v) is 4.09. The highest BCUT2D eigenvalue weighted by Gasteiger charge is 2.06. The molecule has 0 bridgehead atoms. The molecule has 0 radical (unpaired) electrons. The van der Waals surface area contributed by atoms with E-state index in [9.17, 15) is 4.79 Å². The summed E-state index contributed by atoms with van der Waals surface area (Å²) in [7, 11) is 1.60. The van der Waals surface area contributed by atoms with Gasteiger partial charge in [0.25, 0.3) is 0 Å². The molecule has 0 aliphatic carbocycles. The van der Waals surface area contributed by atoms with Crippen molar-refractivity contribution >= 4 is 5.91 Å². The fourth-order valence-electron chi connectivity index (χ4n) is 1.53. The third-order valence-electron chi connectivity index (χ3n) is 2.60. The zero-order chi connectivity index (χ0) is 14.1. The lowest BCUT2D eigenvalue weighted by Gasteiger charge is -2.12. The van der Waals surface area contributed by atoms with Gasteiger partial charge < -0.3 is 20.5 Å². The van der Waals surface area contributed by atoms with Gasteiger partial charge in [0.05, 0.1) is 19.6 Å². The van der Waals surface area contributed by atoms with Crippen molar-refractivity contribution in [2.75, 3.05) is 20.3 Å². The number of amides is 1. The maximum absolute atomic E-state index is 11.1. The van der Waals surface area contributed by atoms with E-state index in [2.05, 4.69) is 12.2 Å². The summed E-state index contributed by atoms with van der Waals surface area (Å²) in [5.74, 6) is 1.39. The van der Waals surface area contributed by atoms with Gasteiger partial charge >= 0.3 is 0 Å². The van der Waals surface area contributed by atoms with E-state index in [0.717, 1.165) is 17.7 Å². The summed E-state index contributed by atoms with van der Waals surface area (Å²) in [4.78, 5) is 11.1. The lowest BCUT2D eigenvalue weighted by Crippen LogP contribution is -2.20. The van der Waals surface area contributed by atoms with E-state index in [1.807, 2.05) is 18.2 Å². The first-order chi connectivity index (χ1) is 9.21. The summed E-state index contributed by atoms with van der Waals surface area (Å²) in [5.41, 5.74) is 6.56. The first-order valence-corrected chi connectivity index (χ1v) is 6.50. The van der Waals surface area contributed by atoms with Gasteiger partial charge in [-0.1, -0.05) is 13.0 Å². The third kappa shape index (κ3) is 5.18. The predicted molar refractivity (Wildman–Crippen MR) is 74.3 cm³/mol. The van der Waals surface area contributed by atoms with Crippen LogP contribution in [0, 0.1) is 0 Å². The van der Waals surface area contributed by atoms with Crippen molar-refractivity contribution in [1.82, 2.24) is 5.32 Å². The molecule has 0 aromatic heterocycles. The molecule has 0 saturated carbocycles. The van der Waals surface area contributed by atoms with Crippen LogP contribution in [-0.4, -0.2) is 26.2 Å². The minimum Gasteiger partial charge on any atom is -0.493 e. The van der Waals surface area contributed by atoms with Gasteiger partial charge in [0, 0.05) is 25.2 Å². The van der Waals surface area contributed by atoms with Gasteiger partial charge in [-0.25, -0.2) is 0 Å². The first kappa shape index (κ1) is 15.3. The van der Waals surface area contributed by atoms with Crippen LogP contribution >= 0.6 is 0 Å². The van der Waals surface area contributed by atoms with Crippen molar-refractivity contribution in [2.24, 2.45) is 5.73 Å². The Balaban J connectivity index is 2.64. The van der Waals surface area contributed by atoms with Crippen LogP contribution in [0.1, 0.15) is 25.3 Å². The molecule has 1 aromatic carbocycles. The van der Waals surface area contributed by atoms with E-state index in [4.69, 9.17) is 15.2 Å². The molecule has 0 unspecified atom stereocenters. The van der Waals surface area contributed by atoms with Gasteiger partial charge in [-0.15, -0.1) is 0 Å². The number of nitrogens with two attached hydrogens (primary N) is 1. The molecule has 0 atom stereocenters. The van der Waals surface area contributed by atoms with Crippen LogP contribution in [0.25, 0.3) is 0 Å². The standard InChI is InChI=1S/C14H22N2O3/c1-3-7-18-12-5-4-11(10-15)13(9-12)19-8-6-14(17)16-2/h4-5,9H,3,6-8,10,15H2,1-2H3,(H,16,17). The van der Waals surface area contributed by atoms with Crippen molar-refractivity contribution in [1.29, 1.82) is 0 Å². The topological polar surface area (TPSA) is 73.6 Å². The van der Waals surface area contributed by atoms with Gasteiger partial charge in [-0.05, 0) is 12.5 Å². The summed E-state index contributed by atoms with van der Waals surface area (Å²) in [6.45, 7) is 3.43. The molecule has 0 heterocycles. The van der Waals surface area contributed by atoms with Crippen molar-refractivity contribution < 1.29 is 14.3 Å². The van der Waals surface area contributed by atoms with E-state index in [0.29, 0.717) is 31.9 Å². The molecule has 106 valence electrons. The van der Waals surface area contributed by atoms with E-state index in [1.54, 1.807) is 7.05 Å². The van der Waals surface area contributed by atoms with Crippen LogP contribution in [-0.2, 0) is 11.3 Å². The van der Waals surface area contributed by atoms with Gasteiger partial charge in [0.1, 0.15) is 11.5 Å².